The Morgan fingerprint density at radius 2 is 2.00 bits per heavy atom. The van der Waals surface area contributed by atoms with Crippen molar-refractivity contribution in [2.75, 3.05) is 13.1 Å². The highest BCUT2D eigenvalue weighted by atomic mass is 16.1. The number of hydrogen-bond acceptors (Lipinski definition) is 3. The SMILES string of the molecule is CC(C)NCCNCc1cc(=O)[nH]c2ccccc12. The first-order valence-electron chi connectivity index (χ1n) is 6.72. The van der Waals surface area contributed by atoms with Crippen LogP contribution in [0.15, 0.2) is 35.1 Å². The van der Waals surface area contributed by atoms with E-state index in [1.54, 1.807) is 6.07 Å². The molecule has 0 bridgehead atoms. The first-order valence-corrected chi connectivity index (χ1v) is 6.72. The van der Waals surface area contributed by atoms with E-state index in [1.807, 2.05) is 24.3 Å². The predicted molar refractivity (Wildman–Crippen MR) is 79.4 cm³/mol. The maximum atomic E-state index is 11.6. The van der Waals surface area contributed by atoms with Gasteiger partial charge in [-0.25, -0.2) is 0 Å². The van der Waals surface area contributed by atoms with Crippen LogP contribution in [0.5, 0.6) is 0 Å². The van der Waals surface area contributed by atoms with Gasteiger partial charge in [-0.2, -0.15) is 0 Å². The predicted octanol–water partition coefficient (Wildman–Crippen LogP) is 1.62. The first-order chi connectivity index (χ1) is 9.16. The topological polar surface area (TPSA) is 56.9 Å². The Morgan fingerprint density at radius 3 is 2.79 bits per heavy atom. The number of pyridine rings is 1. The molecule has 2 rings (SSSR count). The highest BCUT2D eigenvalue weighted by Crippen LogP contribution is 2.13. The van der Waals surface area contributed by atoms with Crippen molar-refractivity contribution in [1.82, 2.24) is 15.6 Å². The highest BCUT2D eigenvalue weighted by Gasteiger charge is 2.02. The second kappa shape index (κ2) is 6.50. The van der Waals surface area contributed by atoms with Crippen molar-refractivity contribution in [3.8, 4) is 0 Å². The van der Waals surface area contributed by atoms with Crippen LogP contribution in [0.1, 0.15) is 19.4 Å². The van der Waals surface area contributed by atoms with E-state index in [-0.39, 0.29) is 5.56 Å². The van der Waals surface area contributed by atoms with Gasteiger partial charge in [-0.15, -0.1) is 0 Å². The minimum atomic E-state index is -0.0456. The van der Waals surface area contributed by atoms with Crippen LogP contribution in [-0.4, -0.2) is 24.1 Å². The summed E-state index contributed by atoms with van der Waals surface area (Å²) in [5.74, 6) is 0. The van der Waals surface area contributed by atoms with Crippen molar-refractivity contribution in [1.29, 1.82) is 0 Å². The van der Waals surface area contributed by atoms with Crippen molar-refractivity contribution in [2.45, 2.75) is 26.4 Å². The molecule has 0 aliphatic carbocycles. The molecule has 4 heteroatoms. The molecule has 1 aromatic carbocycles. The summed E-state index contributed by atoms with van der Waals surface area (Å²) in [5.41, 5.74) is 1.90. The van der Waals surface area contributed by atoms with E-state index < -0.39 is 0 Å². The van der Waals surface area contributed by atoms with Crippen LogP contribution in [0.4, 0.5) is 0 Å². The average molecular weight is 259 g/mol. The van der Waals surface area contributed by atoms with Crippen LogP contribution in [0.25, 0.3) is 10.9 Å². The molecule has 2 aromatic rings. The number of fused-ring (bicyclic) bond motifs is 1. The second-order valence-corrected chi connectivity index (χ2v) is 4.99. The average Bonchev–Trinajstić information content (AvgIpc) is 2.37. The van der Waals surface area contributed by atoms with E-state index in [1.165, 1.54) is 0 Å². The lowest BCUT2D eigenvalue weighted by Crippen LogP contribution is -2.31. The molecule has 0 fully saturated rings. The van der Waals surface area contributed by atoms with Gasteiger partial charge in [-0.3, -0.25) is 4.79 Å². The number of H-pyrrole nitrogens is 1. The molecule has 0 amide bonds. The maximum absolute atomic E-state index is 11.6. The van der Waals surface area contributed by atoms with Gasteiger partial charge in [0.25, 0.3) is 0 Å². The molecule has 0 spiro atoms. The van der Waals surface area contributed by atoms with Crippen LogP contribution in [0, 0.1) is 0 Å². The molecule has 0 aliphatic rings. The Kier molecular flexibility index (Phi) is 4.71. The van der Waals surface area contributed by atoms with Crippen LogP contribution in [0.2, 0.25) is 0 Å². The van der Waals surface area contributed by atoms with E-state index in [0.717, 1.165) is 29.6 Å². The molecule has 0 unspecified atom stereocenters. The molecule has 0 saturated carbocycles. The fourth-order valence-electron chi connectivity index (χ4n) is 2.10. The van der Waals surface area contributed by atoms with Gasteiger partial charge in [0.15, 0.2) is 0 Å². The number of benzene rings is 1. The smallest absolute Gasteiger partial charge is 0.248 e. The van der Waals surface area contributed by atoms with Crippen molar-refractivity contribution >= 4 is 10.9 Å². The van der Waals surface area contributed by atoms with E-state index in [0.29, 0.717) is 12.6 Å². The van der Waals surface area contributed by atoms with E-state index in [4.69, 9.17) is 0 Å². The minimum Gasteiger partial charge on any atom is -0.322 e. The Labute approximate surface area is 113 Å². The van der Waals surface area contributed by atoms with Crippen molar-refractivity contribution in [2.24, 2.45) is 0 Å². The van der Waals surface area contributed by atoms with Gasteiger partial charge < -0.3 is 15.6 Å². The molecule has 1 heterocycles. The zero-order chi connectivity index (χ0) is 13.7. The third-order valence-corrected chi connectivity index (χ3v) is 3.01. The number of nitrogens with one attached hydrogen (secondary N) is 3. The monoisotopic (exact) mass is 259 g/mol. The molecule has 3 N–H and O–H groups in total. The van der Waals surface area contributed by atoms with E-state index in [9.17, 15) is 4.79 Å². The van der Waals surface area contributed by atoms with Gasteiger partial charge in [0.2, 0.25) is 5.56 Å². The first kappa shape index (κ1) is 13.8. The number of para-hydroxylation sites is 1. The molecule has 4 nitrogen and oxygen atoms in total. The summed E-state index contributed by atoms with van der Waals surface area (Å²) in [5, 5.41) is 7.81. The van der Waals surface area contributed by atoms with Crippen LogP contribution in [-0.2, 0) is 6.54 Å². The lowest BCUT2D eigenvalue weighted by atomic mass is 10.1. The fraction of sp³-hybridized carbons (Fsp3) is 0.400. The fourth-order valence-corrected chi connectivity index (χ4v) is 2.10. The summed E-state index contributed by atoms with van der Waals surface area (Å²) < 4.78 is 0. The standard InChI is InChI=1S/C15H21N3O/c1-11(2)17-8-7-16-10-12-9-15(19)18-14-6-4-3-5-13(12)14/h3-6,9,11,16-17H,7-8,10H2,1-2H3,(H,18,19). The van der Waals surface area contributed by atoms with Gasteiger partial charge in [0.1, 0.15) is 0 Å². The highest BCUT2D eigenvalue weighted by molar-refractivity contribution is 5.81. The molecule has 102 valence electrons. The van der Waals surface area contributed by atoms with Crippen LogP contribution >= 0.6 is 0 Å². The third kappa shape index (κ3) is 3.91. The lowest BCUT2D eigenvalue weighted by molar-refractivity contribution is 0.556. The molecular weight excluding hydrogens is 238 g/mol. The van der Waals surface area contributed by atoms with E-state index >= 15 is 0 Å². The van der Waals surface area contributed by atoms with Gasteiger partial charge in [0, 0.05) is 42.6 Å². The van der Waals surface area contributed by atoms with Gasteiger partial charge in [-0.1, -0.05) is 32.0 Å². The molecule has 0 aliphatic heterocycles. The molecule has 0 radical (unpaired) electrons. The summed E-state index contributed by atoms with van der Waals surface area (Å²) in [6.07, 6.45) is 0. The summed E-state index contributed by atoms with van der Waals surface area (Å²) in [6.45, 7) is 6.79. The summed E-state index contributed by atoms with van der Waals surface area (Å²) >= 11 is 0. The third-order valence-electron chi connectivity index (χ3n) is 3.01. The molecular formula is C15H21N3O. The van der Waals surface area contributed by atoms with Gasteiger partial charge in [-0.05, 0) is 11.6 Å². The van der Waals surface area contributed by atoms with Crippen LogP contribution in [0.3, 0.4) is 0 Å². The van der Waals surface area contributed by atoms with E-state index in [2.05, 4.69) is 29.5 Å². The number of hydrogen-bond donors (Lipinski definition) is 3. The minimum absolute atomic E-state index is 0.0456. The molecule has 0 atom stereocenters. The van der Waals surface area contributed by atoms with Crippen molar-refractivity contribution in [3.63, 3.8) is 0 Å². The number of aromatic nitrogens is 1. The van der Waals surface area contributed by atoms with Crippen LogP contribution < -0.4 is 16.2 Å². The zero-order valence-corrected chi connectivity index (χ0v) is 11.5. The maximum Gasteiger partial charge on any atom is 0.248 e. The van der Waals surface area contributed by atoms with Gasteiger partial charge in [0.05, 0.1) is 0 Å². The summed E-state index contributed by atoms with van der Waals surface area (Å²) in [7, 11) is 0. The lowest BCUT2D eigenvalue weighted by Gasteiger charge is -2.10. The Morgan fingerprint density at radius 1 is 1.21 bits per heavy atom. The molecule has 0 saturated heterocycles. The summed E-state index contributed by atoms with van der Waals surface area (Å²) in [4.78, 5) is 14.4. The Bertz CT molecular complexity index is 589. The zero-order valence-electron chi connectivity index (χ0n) is 11.5. The summed E-state index contributed by atoms with van der Waals surface area (Å²) in [6, 6.07) is 10.1. The quantitative estimate of drug-likeness (QED) is 0.691. The normalized spacial score (nSPS) is 11.3. The van der Waals surface area contributed by atoms with Crippen molar-refractivity contribution < 1.29 is 0 Å². The largest absolute Gasteiger partial charge is 0.322 e. The Balaban J connectivity index is 2.02. The van der Waals surface area contributed by atoms with Crippen molar-refractivity contribution in [3.05, 3.63) is 46.2 Å². The molecule has 1 aromatic heterocycles. The Hall–Kier alpha value is -1.65. The number of rotatable bonds is 6. The molecule has 19 heavy (non-hydrogen) atoms. The second-order valence-electron chi connectivity index (χ2n) is 4.99. The van der Waals surface area contributed by atoms with Gasteiger partial charge >= 0.3 is 0 Å². The number of aromatic amines is 1.